The molecular weight excluding hydrogens is 292 g/mol. The van der Waals surface area contributed by atoms with Crippen LogP contribution in [0.3, 0.4) is 0 Å². The number of sulfone groups is 1. The van der Waals surface area contributed by atoms with Crippen LogP contribution in [0.4, 0.5) is 14.5 Å². The Morgan fingerprint density at radius 2 is 1.85 bits per heavy atom. The van der Waals surface area contributed by atoms with Crippen LogP contribution in [-0.4, -0.2) is 44.8 Å². The van der Waals surface area contributed by atoms with Gasteiger partial charge in [0.15, 0.2) is 11.6 Å². The van der Waals surface area contributed by atoms with Crippen molar-refractivity contribution in [2.75, 3.05) is 31.0 Å². The van der Waals surface area contributed by atoms with Gasteiger partial charge in [0, 0.05) is 25.4 Å². The van der Waals surface area contributed by atoms with Gasteiger partial charge >= 0.3 is 0 Å². The van der Waals surface area contributed by atoms with Gasteiger partial charge < -0.3 is 10.3 Å². The Labute approximate surface area is 115 Å². The first kappa shape index (κ1) is 16.3. The zero-order valence-corrected chi connectivity index (χ0v) is 11.8. The predicted molar refractivity (Wildman–Crippen MR) is 70.8 cm³/mol. The molecule has 0 bridgehead atoms. The van der Waals surface area contributed by atoms with Crippen molar-refractivity contribution in [3.05, 3.63) is 29.3 Å². The van der Waals surface area contributed by atoms with E-state index in [1.807, 2.05) is 5.43 Å². The molecule has 3 N–H and O–H groups in total. The summed E-state index contributed by atoms with van der Waals surface area (Å²) in [6, 6.07) is 1.66. The molecule has 1 aromatic carbocycles. The lowest BCUT2D eigenvalue weighted by atomic mass is 10.1. The Bertz CT molecular complexity index is 596. The molecule has 1 amide bonds. The lowest BCUT2D eigenvalue weighted by Crippen LogP contribution is -2.31. The number of anilines is 1. The number of nitrogen functional groups attached to an aromatic ring is 1. The van der Waals surface area contributed by atoms with Gasteiger partial charge in [0.2, 0.25) is 0 Å². The highest BCUT2D eigenvalue weighted by Crippen LogP contribution is 2.20. The van der Waals surface area contributed by atoms with Crippen molar-refractivity contribution >= 4 is 21.4 Å². The molecule has 0 aliphatic rings. The van der Waals surface area contributed by atoms with Crippen molar-refractivity contribution in [2.45, 2.75) is 0 Å². The van der Waals surface area contributed by atoms with E-state index in [2.05, 4.69) is 0 Å². The van der Waals surface area contributed by atoms with Crippen LogP contribution in [0.25, 0.3) is 0 Å². The average Bonchev–Trinajstić information content (AvgIpc) is 2.33. The number of carbonyl (C=O) groups is 1. The lowest BCUT2D eigenvalue weighted by molar-refractivity contribution is 0.0802. The van der Waals surface area contributed by atoms with Crippen molar-refractivity contribution in [3.63, 3.8) is 0 Å². The number of nitrogens with zero attached hydrogens (tertiary/aromatic N) is 1. The number of amides is 1. The number of nitrogens with two attached hydrogens (primary N) is 1. The Hall–Kier alpha value is -1.74. The van der Waals surface area contributed by atoms with E-state index >= 15 is 0 Å². The lowest BCUT2D eigenvalue weighted by Gasteiger charge is -2.17. The maximum absolute atomic E-state index is 13.5. The summed E-state index contributed by atoms with van der Waals surface area (Å²) >= 11 is 0. The van der Waals surface area contributed by atoms with Crippen molar-refractivity contribution in [1.29, 1.82) is 0 Å². The number of hydrogen-bond acceptors (Lipinski definition) is 5. The maximum Gasteiger partial charge on any atom is 0.253 e. The second kappa shape index (κ2) is 6.14. The zero-order chi connectivity index (χ0) is 15.5. The fraction of sp³-hybridized carbons (Fsp3) is 0.364. The van der Waals surface area contributed by atoms with E-state index in [9.17, 15) is 22.0 Å². The van der Waals surface area contributed by atoms with Gasteiger partial charge in [-0.25, -0.2) is 17.2 Å². The van der Waals surface area contributed by atoms with E-state index in [4.69, 9.17) is 5.84 Å². The van der Waals surface area contributed by atoms with Gasteiger partial charge in [-0.2, -0.15) is 0 Å². The minimum absolute atomic E-state index is 0.0716. The number of benzene rings is 1. The fourth-order valence-electron chi connectivity index (χ4n) is 1.46. The fourth-order valence-corrected chi connectivity index (χ4v) is 2.06. The molecule has 0 saturated heterocycles. The Balaban J connectivity index is 2.92. The summed E-state index contributed by atoms with van der Waals surface area (Å²) in [5.41, 5.74) is 1.08. The molecule has 0 aliphatic heterocycles. The minimum Gasteiger partial charge on any atom is -0.341 e. The Morgan fingerprint density at radius 3 is 2.25 bits per heavy atom. The average molecular weight is 307 g/mol. The molecule has 6 nitrogen and oxygen atoms in total. The minimum atomic E-state index is -3.23. The van der Waals surface area contributed by atoms with Crippen molar-refractivity contribution in [3.8, 4) is 0 Å². The Kier molecular flexibility index (Phi) is 5.01. The molecule has 0 heterocycles. The van der Waals surface area contributed by atoms with Crippen LogP contribution in [0.5, 0.6) is 0 Å². The molecule has 1 aromatic rings. The standard InChI is InChI=1S/C11H15F2N3O3S/c1-16(3-4-20(2,18)19)11(17)7-5-8(12)10(15-14)9(13)6-7/h5-6,15H,3-4,14H2,1-2H3. The summed E-state index contributed by atoms with van der Waals surface area (Å²) in [4.78, 5) is 13.0. The first-order valence-electron chi connectivity index (χ1n) is 5.54. The molecule has 9 heteroatoms. The van der Waals surface area contributed by atoms with Gasteiger partial charge in [0.05, 0.1) is 5.75 Å². The van der Waals surface area contributed by atoms with Crippen LogP contribution < -0.4 is 11.3 Å². The molecule has 0 saturated carbocycles. The first-order valence-corrected chi connectivity index (χ1v) is 7.60. The van der Waals surface area contributed by atoms with Crippen molar-refractivity contribution in [1.82, 2.24) is 4.90 Å². The van der Waals surface area contributed by atoms with Crippen LogP contribution >= 0.6 is 0 Å². The molecule has 0 aromatic heterocycles. The van der Waals surface area contributed by atoms with Gasteiger partial charge in [-0.3, -0.25) is 10.6 Å². The van der Waals surface area contributed by atoms with Crippen LogP contribution in [-0.2, 0) is 9.84 Å². The summed E-state index contributed by atoms with van der Waals surface area (Å²) in [6.07, 6.45) is 1.03. The summed E-state index contributed by atoms with van der Waals surface area (Å²) in [7, 11) is -1.88. The van der Waals surface area contributed by atoms with Crippen LogP contribution in [0.2, 0.25) is 0 Å². The highest BCUT2D eigenvalue weighted by atomic mass is 32.2. The number of carbonyl (C=O) groups excluding carboxylic acids is 1. The van der Waals surface area contributed by atoms with Crippen LogP contribution in [0.1, 0.15) is 10.4 Å². The zero-order valence-electron chi connectivity index (χ0n) is 11.0. The molecule has 0 atom stereocenters. The third kappa shape index (κ3) is 4.14. The van der Waals surface area contributed by atoms with Crippen LogP contribution in [0, 0.1) is 11.6 Å². The number of hydrazine groups is 1. The van der Waals surface area contributed by atoms with Gasteiger partial charge in [0.1, 0.15) is 15.5 Å². The van der Waals surface area contributed by atoms with Gasteiger partial charge in [-0.15, -0.1) is 0 Å². The smallest absolute Gasteiger partial charge is 0.253 e. The molecule has 0 unspecified atom stereocenters. The monoisotopic (exact) mass is 307 g/mol. The van der Waals surface area contributed by atoms with E-state index in [0.717, 1.165) is 23.3 Å². The summed E-state index contributed by atoms with van der Waals surface area (Å²) in [6.45, 7) is -0.0716. The number of rotatable bonds is 5. The largest absolute Gasteiger partial charge is 0.341 e. The molecule has 112 valence electrons. The van der Waals surface area contributed by atoms with E-state index < -0.39 is 33.1 Å². The quantitative estimate of drug-likeness (QED) is 0.605. The first-order chi connectivity index (χ1) is 9.15. The van der Waals surface area contributed by atoms with Crippen LogP contribution in [0.15, 0.2) is 12.1 Å². The second-order valence-electron chi connectivity index (χ2n) is 4.32. The van der Waals surface area contributed by atoms with E-state index in [1.165, 1.54) is 7.05 Å². The van der Waals surface area contributed by atoms with E-state index in [1.54, 1.807) is 0 Å². The van der Waals surface area contributed by atoms with Gasteiger partial charge in [-0.1, -0.05) is 0 Å². The SMILES string of the molecule is CN(CCS(C)(=O)=O)C(=O)c1cc(F)c(NN)c(F)c1. The van der Waals surface area contributed by atoms with Crippen molar-refractivity contribution in [2.24, 2.45) is 5.84 Å². The molecule has 0 radical (unpaired) electrons. The highest BCUT2D eigenvalue weighted by molar-refractivity contribution is 7.90. The molecular formula is C11H15F2N3O3S. The predicted octanol–water partition coefficient (Wildman–Crippen LogP) is 0.367. The third-order valence-corrected chi connectivity index (χ3v) is 3.50. The normalized spacial score (nSPS) is 11.2. The van der Waals surface area contributed by atoms with Gasteiger partial charge in [0.25, 0.3) is 5.91 Å². The van der Waals surface area contributed by atoms with Crippen molar-refractivity contribution < 1.29 is 22.0 Å². The highest BCUT2D eigenvalue weighted by Gasteiger charge is 2.18. The second-order valence-corrected chi connectivity index (χ2v) is 6.58. The van der Waals surface area contributed by atoms with E-state index in [-0.39, 0.29) is 17.9 Å². The molecule has 20 heavy (non-hydrogen) atoms. The van der Waals surface area contributed by atoms with Gasteiger partial charge in [-0.05, 0) is 12.1 Å². The maximum atomic E-state index is 13.5. The summed E-state index contributed by atoms with van der Waals surface area (Å²) < 4.78 is 48.9. The molecule has 1 rings (SSSR count). The number of nitrogens with one attached hydrogen (secondary N) is 1. The number of hydrogen-bond donors (Lipinski definition) is 2. The molecule has 0 fully saturated rings. The summed E-state index contributed by atoms with van der Waals surface area (Å²) in [5, 5.41) is 0. The van der Waals surface area contributed by atoms with E-state index in [0.29, 0.717) is 0 Å². The summed E-state index contributed by atoms with van der Waals surface area (Å²) in [5.74, 6) is 2.01. The topological polar surface area (TPSA) is 92.5 Å². The number of halogens is 2. The Morgan fingerprint density at radius 1 is 1.35 bits per heavy atom. The third-order valence-electron chi connectivity index (χ3n) is 2.58. The molecule has 0 aliphatic carbocycles. The molecule has 0 spiro atoms.